The van der Waals surface area contributed by atoms with Gasteiger partial charge in [0, 0.05) is 6.54 Å². The van der Waals surface area contributed by atoms with Crippen LogP contribution < -0.4 is 16.5 Å². The molecule has 2 rings (SSSR count). The monoisotopic (exact) mass is 413 g/mol. The summed E-state index contributed by atoms with van der Waals surface area (Å²) in [5, 5.41) is 2.64. The van der Waals surface area contributed by atoms with Crippen LogP contribution in [-0.4, -0.2) is 23.6 Å². The quantitative estimate of drug-likeness (QED) is 0.548. The molecule has 30 heavy (non-hydrogen) atoms. The summed E-state index contributed by atoms with van der Waals surface area (Å²) in [5.41, 5.74) is 10.3. The van der Waals surface area contributed by atoms with Crippen LogP contribution in [-0.2, 0) is 33.9 Å². The standard InChI is InChI=1S/C23H31N3O4/c1-23(2,3)30-22(28)25-20(14-13-17-7-5-4-6-8-17)21(27)26-29-16-19-11-9-18(15-24)10-12-19/h4-12,20H,13-16,24H2,1-3H3,(H,25,28)(H,26,27)/t20-/m0/s1. The molecule has 0 fully saturated rings. The molecule has 0 unspecified atom stereocenters. The summed E-state index contributed by atoms with van der Waals surface area (Å²) in [6.45, 7) is 5.98. The van der Waals surface area contributed by atoms with E-state index in [1.54, 1.807) is 20.8 Å². The molecule has 0 heterocycles. The highest BCUT2D eigenvalue weighted by molar-refractivity contribution is 5.84. The van der Waals surface area contributed by atoms with Crippen LogP contribution in [0.5, 0.6) is 0 Å². The lowest BCUT2D eigenvalue weighted by Crippen LogP contribution is -2.48. The largest absolute Gasteiger partial charge is 0.444 e. The number of carbonyl (C=O) groups excluding carboxylic acids is 2. The molecule has 0 aliphatic rings. The van der Waals surface area contributed by atoms with Gasteiger partial charge in [-0.25, -0.2) is 10.3 Å². The summed E-state index contributed by atoms with van der Waals surface area (Å²) in [7, 11) is 0. The smallest absolute Gasteiger partial charge is 0.408 e. The first-order chi connectivity index (χ1) is 14.3. The van der Waals surface area contributed by atoms with Crippen LogP contribution in [0.15, 0.2) is 54.6 Å². The van der Waals surface area contributed by atoms with E-state index in [-0.39, 0.29) is 6.61 Å². The van der Waals surface area contributed by atoms with E-state index in [2.05, 4.69) is 10.8 Å². The molecule has 162 valence electrons. The zero-order valence-electron chi connectivity index (χ0n) is 17.8. The van der Waals surface area contributed by atoms with Crippen molar-refractivity contribution >= 4 is 12.0 Å². The predicted octanol–water partition coefficient (Wildman–Crippen LogP) is 3.22. The molecule has 7 heteroatoms. The highest BCUT2D eigenvalue weighted by Crippen LogP contribution is 2.10. The van der Waals surface area contributed by atoms with E-state index in [4.69, 9.17) is 15.3 Å². The van der Waals surface area contributed by atoms with Gasteiger partial charge in [-0.3, -0.25) is 9.63 Å². The average molecular weight is 414 g/mol. The lowest BCUT2D eigenvalue weighted by Gasteiger charge is -2.23. The number of ether oxygens (including phenoxy) is 1. The van der Waals surface area contributed by atoms with E-state index >= 15 is 0 Å². The molecular formula is C23H31N3O4. The number of carbonyl (C=O) groups is 2. The number of rotatable bonds is 9. The lowest BCUT2D eigenvalue weighted by atomic mass is 10.1. The van der Waals surface area contributed by atoms with Crippen molar-refractivity contribution in [1.29, 1.82) is 0 Å². The molecule has 0 bridgehead atoms. The molecule has 2 amide bonds. The molecule has 0 aromatic heterocycles. The number of aryl methyl sites for hydroxylation is 1. The Hall–Kier alpha value is -2.90. The molecule has 0 aliphatic heterocycles. The van der Waals surface area contributed by atoms with Gasteiger partial charge in [0.25, 0.3) is 5.91 Å². The van der Waals surface area contributed by atoms with Gasteiger partial charge in [0.2, 0.25) is 0 Å². The molecule has 0 saturated carbocycles. The molecule has 0 aliphatic carbocycles. The summed E-state index contributed by atoms with van der Waals surface area (Å²) in [4.78, 5) is 30.2. The number of benzene rings is 2. The van der Waals surface area contributed by atoms with E-state index < -0.39 is 23.6 Å². The van der Waals surface area contributed by atoms with Gasteiger partial charge in [-0.2, -0.15) is 0 Å². The van der Waals surface area contributed by atoms with Crippen LogP contribution in [0.25, 0.3) is 0 Å². The fourth-order valence-corrected chi connectivity index (χ4v) is 2.71. The van der Waals surface area contributed by atoms with Gasteiger partial charge in [-0.15, -0.1) is 0 Å². The first kappa shape index (κ1) is 23.4. The molecule has 2 aromatic carbocycles. The summed E-state index contributed by atoms with van der Waals surface area (Å²) in [5.74, 6) is -0.435. The van der Waals surface area contributed by atoms with Crippen LogP contribution in [0.1, 0.15) is 43.9 Å². The Bertz CT molecular complexity index is 801. The van der Waals surface area contributed by atoms with Crippen LogP contribution >= 0.6 is 0 Å². The van der Waals surface area contributed by atoms with Crippen molar-refractivity contribution in [2.75, 3.05) is 0 Å². The number of nitrogens with one attached hydrogen (secondary N) is 2. The number of hydrogen-bond donors (Lipinski definition) is 3. The summed E-state index contributed by atoms with van der Waals surface area (Å²) in [6, 6.07) is 16.6. The summed E-state index contributed by atoms with van der Waals surface area (Å²) in [6.07, 6.45) is 0.381. The fourth-order valence-electron chi connectivity index (χ4n) is 2.71. The Kier molecular flexibility index (Phi) is 8.83. The maximum absolute atomic E-state index is 12.6. The fraction of sp³-hybridized carbons (Fsp3) is 0.391. The molecule has 1 atom stereocenters. The third-order valence-corrected chi connectivity index (χ3v) is 4.24. The number of hydroxylamine groups is 1. The number of nitrogens with two attached hydrogens (primary N) is 1. The molecule has 4 N–H and O–H groups in total. The van der Waals surface area contributed by atoms with E-state index in [9.17, 15) is 9.59 Å². The first-order valence-electron chi connectivity index (χ1n) is 10.00. The molecular weight excluding hydrogens is 382 g/mol. The van der Waals surface area contributed by atoms with Gasteiger partial charge in [-0.05, 0) is 50.3 Å². The Morgan fingerprint density at radius 2 is 1.60 bits per heavy atom. The topological polar surface area (TPSA) is 103 Å². The average Bonchev–Trinajstić information content (AvgIpc) is 2.71. The Morgan fingerprint density at radius 3 is 2.20 bits per heavy atom. The van der Waals surface area contributed by atoms with Crippen LogP contribution in [0.4, 0.5) is 4.79 Å². The van der Waals surface area contributed by atoms with Gasteiger partial charge in [0.1, 0.15) is 11.6 Å². The van der Waals surface area contributed by atoms with Crippen molar-refractivity contribution in [3.05, 3.63) is 71.3 Å². The molecule has 7 nitrogen and oxygen atoms in total. The zero-order chi connectivity index (χ0) is 22.0. The maximum Gasteiger partial charge on any atom is 0.408 e. The highest BCUT2D eigenvalue weighted by Gasteiger charge is 2.24. The van der Waals surface area contributed by atoms with E-state index in [0.717, 1.165) is 16.7 Å². The minimum Gasteiger partial charge on any atom is -0.444 e. The predicted molar refractivity (Wildman–Crippen MR) is 115 cm³/mol. The molecule has 0 saturated heterocycles. The van der Waals surface area contributed by atoms with E-state index in [1.165, 1.54) is 0 Å². The highest BCUT2D eigenvalue weighted by atomic mass is 16.7. The third kappa shape index (κ3) is 8.63. The van der Waals surface area contributed by atoms with E-state index in [1.807, 2.05) is 54.6 Å². The van der Waals surface area contributed by atoms with Crippen molar-refractivity contribution < 1.29 is 19.2 Å². The number of amides is 2. The van der Waals surface area contributed by atoms with Gasteiger partial charge in [0.15, 0.2) is 0 Å². The molecule has 2 aromatic rings. The second-order valence-electron chi connectivity index (χ2n) is 8.00. The summed E-state index contributed by atoms with van der Waals surface area (Å²) < 4.78 is 5.28. The summed E-state index contributed by atoms with van der Waals surface area (Å²) >= 11 is 0. The SMILES string of the molecule is CC(C)(C)OC(=O)N[C@@H](CCc1ccccc1)C(=O)NOCc1ccc(CN)cc1. The van der Waals surface area contributed by atoms with Crippen LogP contribution in [0.2, 0.25) is 0 Å². The number of alkyl carbamates (subject to hydrolysis) is 1. The van der Waals surface area contributed by atoms with Gasteiger partial charge >= 0.3 is 6.09 Å². The lowest BCUT2D eigenvalue weighted by molar-refractivity contribution is -0.137. The van der Waals surface area contributed by atoms with Gasteiger partial charge in [0.05, 0.1) is 6.61 Å². The van der Waals surface area contributed by atoms with Crippen molar-refractivity contribution in [3.63, 3.8) is 0 Å². The second-order valence-corrected chi connectivity index (χ2v) is 8.00. The van der Waals surface area contributed by atoms with Crippen molar-refractivity contribution in [2.24, 2.45) is 5.73 Å². The van der Waals surface area contributed by atoms with E-state index in [0.29, 0.717) is 19.4 Å². The number of hydrogen-bond acceptors (Lipinski definition) is 5. The third-order valence-electron chi connectivity index (χ3n) is 4.24. The van der Waals surface area contributed by atoms with Crippen molar-refractivity contribution in [1.82, 2.24) is 10.8 Å². The molecule has 0 spiro atoms. The Morgan fingerprint density at radius 1 is 0.967 bits per heavy atom. The maximum atomic E-state index is 12.6. The Balaban J connectivity index is 1.92. The second kappa shape index (κ2) is 11.3. The first-order valence-corrected chi connectivity index (χ1v) is 10.00. The van der Waals surface area contributed by atoms with Crippen molar-refractivity contribution in [3.8, 4) is 0 Å². The minimum atomic E-state index is -0.792. The normalized spacial score (nSPS) is 12.1. The van der Waals surface area contributed by atoms with Gasteiger partial charge in [-0.1, -0.05) is 54.6 Å². The van der Waals surface area contributed by atoms with Crippen LogP contribution in [0.3, 0.4) is 0 Å². The van der Waals surface area contributed by atoms with Crippen molar-refractivity contribution in [2.45, 2.75) is 58.4 Å². The van der Waals surface area contributed by atoms with Gasteiger partial charge < -0.3 is 15.8 Å². The zero-order valence-corrected chi connectivity index (χ0v) is 17.8. The minimum absolute atomic E-state index is 0.203. The Labute approximate surface area is 177 Å². The van der Waals surface area contributed by atoms with Crippen LogP contribution in [0, 0.1) is 0 Å². The molecule has 0 radical (unpaired) electrons.